The summed E-state index contributed by atoms with van der Waals surface area (Å²) >= 11 is 0. The monoisotopic (exact) mass is 1290 g/mol. The molecule has 0 bridgehead atoms. The van der Waals surface area contributed by atoms with Gasteiger partial charge in [0.15, 0.2) is 12.2 Å². The summed E-state index contributed by atoms with van der Waals surface area (Å²) in [5.41, 5.74) is 0. The predicted molar refractivity (Wildman–Crippen MR) is 354 cm³/mol. The molecule has 0 radical (unpaired) electrons. The molecule has 0 aromatic heterocycles. The van der Waals surface area contributed by atoms with E-state index in [1.165, 1.54) is 154 Å². The Balaban J connectivity index is 5.27. The van der Waals surface area contributed by atoms with Gasteiger partial charge in [0.1, 0.15) is 19.3 Å². The first-order chi connectivity index (χ1) is 42.7. The van der Waals surface area contributed by atoms with Crippen LogP contribution >= 0.6 is 15.6 Å². The van der Waals surface area contributed by atoms with Crippen LogP contribution in [0.3, 0.4) is 0 Å². The van der Waals surface area contributed by atoms with E-state index in [4.69, 9.17) is 37.0 Å². The molecule has 0 heterocycles. The minimum atomic E-state index is -4.96. The molecule has 518 valence electrons. The Kier molecular flexibility index (Phi) is 61.5. The van der Waals surface area contributed by atoms with Gasteiger partial charge in [0.25, 0.3) is 0 Å². The van der Waals surface area contributed by atoms with Gasteiger partial charge < -0.3 is 33.8 Å². The van der Waals surface area contributed by atoms with Crippen molar-refractivity contribution in [3.8, 4) is 0 Å². The van der Waals surface area contributed by atoms with Crippen LogP contribution in [0.15, 0.2) is 24.3 Å². The number of unbranched alkanes of at least 4 members (excludes halogenated alkanes) is 39. The fourth-order valence-electron chi connectivity index (χ4n) is 9.98. The summed E-state index contributed by atoms with van der Waals surface area (Å²) < 4.78 is 68.2. The van der Waals surface area contributed by atoms with Gasteiger partial charge >= 0.3 is 39.5 Å². The number of phosphoric ester groups is 2. The third-order valence-corrected chi connectivity index (χ3v) is 17.4. The van der Waals surface area contributed by atoms with Gasteiger partial charge in [0.2, 0.25) is 0 Å². The van der Waals surface area contributed by atoms with Crippen LogP contribution in [0, 0.1) is 0 Å². The van der Waals surface area contributed by atoms with Crippen LogP contribution in [0.25, 0.3) is 0 Å². The highest BCUT2D eigenvalue weighted by molar-refractivity contribution is 7.47. The third kappa shape index (κ3) is 62.4. The Bertz CT molecular complexity index is 1780. The van der Waals surface area contributed by atoms with Crippen molar-refractivity contribution in [3.63, 3.8) is 0 Å². The predicted octanol–water partition coefficient (Wildman–Crippen LogP) is 19.4. The average Bonchev–Trinajstić information content (AvgIpc) is 3.61. The lowest BCUT2D eigenvalue weighted by atomic mass is 10.0. The number of allylic oxidation sites excluding steroid dienone is 4. The number of aliphatic hydroxyl groups excluding tert-OH is 1. The Labute approximate surface area is 535 Å². The number of aliphatic hydroxyl groups is 1. The summed E-state index contributed by atoms with van der Waals surface area (Å²) in [5, 5.41) is 10.6. The van der Waals surface area contributed by atoms with E-state index in [1.54, 1.807) is 0 Å². The SMILES string of the molecule is CCCCCC/C=C\C=C/CCCCCCCC(=O)O[C@H](COC(=O)CCCCCCCCCCCCCC)COP(=O)(O)OC[C@@H](O)COP(=O)(O)OC[C@@H](COC(=O)CCCCCCCCCCC)OC(=O)CCCCCCCCCCCCCC. The van der Waals surface area contributed by atoms with Gasteiger partial charge in [-0.2, -0.15) is 0 Å². The van der Waals surface area contributed by atoms with E-state index in [2.05, 4.69) is 52.0 Å². The van der Waals surface area contributed by atoms with E-state index in [-0.39, 0.29) is 25.7 Å². The Morgan fingerprint density at radius 3 is 0.830 bits per heavy atom. The molecule has 0 saturated carbocycles. The molecule has 5 atom stereocenters. The van der Waals surface area contributed by atoms with Gasteiger partial charge in [-0.25, -0.2) is 9.13 Å². The summed E-state index contributed by atoms with van der Waals surface area (Å²) in [5.74, 6) is -2.15. The highest BCUT2D eigenvalue weighted by Gasteiger charge is 2.30. The van der Waals surface area contributed by atoms with E-state index < -0.39 is 97.5 Å². The van der Waals surface area contributed by atoms with Crippen molar-refractivity contribution < 1.29 is 80.2 Å². The van der Waals surface area contributed by atoms with Crippen molar-refractivity contribution in [3.05, 3.63) is 24.3 Å². The summed E-state index contributed by atoms with van der Waals surface area (Å²) in [6, 6.07) is 0. The lowest BCUT2D eigenvalue weighted by molar-refractivity contribution is -0.161. The van der Waals surface area contributed by atoms with Gasteiger partial charge in [-0.15, -0.1) is 0 Å². The van der Waals surface area contributed by atoms with Crippen molar-refractivity contribution in [1.29, 1.82) is 0 Å². The van der Waals surface area contributed by atoms with Crippen molar-refractivity contribution >= 4 is 39.5 Å². The maximum absolute atomic E-state index is 13.0. The maximum atomic E-state index is 13.0. The number of rotatable bonds is 68. The fraction of sp³-hybridized carbons (Fsp3) is 0.884. The van der Waals surface area contributed by atoms with Crippen molar-refractivity contribution in [2.45, 2.75) is 354 Å². The van der Waals surface area contributed by atoms with Crippen LogP contribution in [0.5, 0.6) is 0 Å². The number of phosphoric acid groups is 2. The van der Waals surface area contributed by atoms with Gasteiger partial charge in [0, 0.05) is 25.7 Å². The molecule has 0 aliphatic carbocycles. The number of esters is 4. The van der Waals surface area contributed by atoms with Crippen LogP contribution in [0.1, 0.15) is 336 Å². The minimum absolute atomic E-state index is 0.0857. The molecule has 0 spiro atoms. The van der Waals surface area contributed by atoms with Gasteiger partial charge in [0.05, 0.1) is 26.4 Å². The van der Waals surface area contributed by atoms with Crippen LogP contribution < -0.4 is 0 Å². The molecule has 0 aromatic rings. The van der Waals surface area contributed by atoms with E-state index in [9.17, 15) is 43.2 Å². The molecule has 0 aromatic carbocycles. The molecule has 0 aliphatic heterocycles. The number of carbonyl (C=O) groups is 4. The molecule has 0 amide bonds. The quantitative estimate of drug-likeness (QED) is 0.0169. The molecule has 2 unspecified atom stereocenters. The van der Waals surface area contributed by atoms with E-state index in [0.717, 1.165) is 103 Å². The molecule has 3 N–H and O–H groups in total. The van der Waals surface area contributed by atoms with Crippen molar-refractivity contribution in [2.75, 3.05) is 39.6 Å². The van der Waals surface area contributed by atoms with Crippen LogP contribution in [-0.2, 0) is 65.4 Å². The zero-order chi connectivity index (χ0) is 64.7. The molecule has 17 nitrogen and oxygen atoms in total. The summed E-state index contributed by atoms with van der Waals surface area (Å²) in [4.78, 5) is 72.4. The van der Waals surface area contributed by atoms with Crippen molar-refractivity contribution in [2.24, 2.45) is 0 Å². The molecule has 0 rings (SSSR count). The van der Waals surface area contributed by atoms with Gasteiger partial charge in [-0.05, 0) is 51.4 Å². The molecular weight excluding hydrogens is 1160 g/mol. The summed E-state index contributed by atoms with van der Waals surface area (Å²) in [7, 11) is -9.91. The molecular formula is C69H130O17P2. The second kappa shape index (κ2) is 63.3. The molecule has 0 saturated heterocycles. The molecule has 88 heavy (non-hydrogen) atoms. The van der Waals surface area contributed by atoms with Crippen LogP contribution in [-0.4, -0.2) is 96.7 Å². The Hall–Kier alpha value is -2.46. The van der Waals surface area contributed by atoms with Crippen LogP contribution in [0.4, 0.5) is 0 Å². The topological polar surface area (TPSA) is 237 Å². The molecule has 0 fully saturated rings. The van der Waals surface area contributed by atoms with Gasteiger partial charge in [-0.3, -0.25) is 37.3 Å². The second-order valence-corrected chi connectivity index (χ2v) is 27.1. The lowest BCUT2D eigenvalue weighted by Gasteiger charge is -2.21. The third-order valence-electron chi connectivity index (χ3n) is 15.5. The van der Waals surface area contributed by atoms with Crippen LogP contribution in [0.2, 0.25) is 0 Å². The normalized spacial score (nSPS) is 14.2. The number of carbonyl (C=O) groups excluding carboxylic acids is 4. The second-order valence-electron chi connectivity index (χ2n) is 24.2. The maximum Gasteiger partial charge on any atom is 0.472 e. The number of ether oxygens (including phenoxy) is 4. The first-order valence-electron chi connectivity index (χ1n) is 35.6. The highest BCUT2D eigenvalue weighted by atomic mass is 31.2. The minimum Gasteiger partial charge on any atom is -0.462 e. The smallest absolute Gasteiger partial charge is 0.462 e. The standard InChI is InChI=1S/C69H130O17P2/c1-5-9-13-17-21-25-28-31-32-33-36-40-44-48-52-56-69(74)86-65(60-80-67(72)54-50-46-42-38-34-29-26-22-18-14-10-6-2)62-84-88(77,78)82-58-63(70)57-81-87(75,76)83-61-64(59-79-66(71)53-49-45-41-37-24-20-16-12-8-4)85-68(73)55-51-47-43-39-35-30-27-23-19-15-11-7-3/h25,28,31-32,63-65,70H,5-24,26-27,29-30,33-62H2,1-4H3,(H,75,76)(H,77,78)/b28-25-,32-31-/t63-,64+,65+/m0/s1. The first kappa shape index (κ1) is 85.5. The summed E-state index contributed by atoms with van der Waals surface area (Å²) in [6.07, 6.45) is 53.4. The Morgan fingerprint density at radius 2 is 0.545 bits per heavy atom. The zero-order valence-electron chi connectivity index (χ0n) is 56.2. The zero-order valence-corrected chi connectivity index (χ0v) is 58.0. The largest absolute Gasteiger partial charge is 0.472 e. The Morgan fingerprint density at radius 1 is 0.318 bits per heavy atom. The fourth-order valence-corrected chi connectivity index (χ4v) is 11.6. The van der Waals surface area contributed by atoms with E-state index >= 15 is 0 Å². The number of hydrogen-bond donors (Lipinski definition) is 3. The van der Waals surface area contributed by atoms with Gasteiger partial charge in [-0.1, -0.05) is 283 Å². The van der Waals surface area contributed by atoms with E-state index in [1.807, 2.05) is 0 Å². The molecule has 0 aliphatic rings. The molecule has 19 heteroatoms. The summed E-state index contributed by atoms with van der Waals surface area (Å²) in [6.45, 7) is 4.85. The number of hydrogen-bond acceptors (Lipinski definition) is 15. The highest BCUT2D eigenvalue weighted by Crippen LogP contribution is 2.45. The first-order valence-corrected chi connectivity index (χ1v) is 38.6. The van der Waals surface area contributed by atoms with E-state index in [0.29, 0.717) is 25.7 Å². The van der Waals surface area contributed by atoms with Crippen molar-refractivity contribution in [1.82, 2.24) is 0 Å². The average molecular weight is 1290 g/mol. The lowest BCUT2D eigenvalue weighted by Crippen LogP contribution is -2.30.